The second-order valence-corrected chi connectivity index (χ2v) is 4.71. The number of carbonyl (C=O) groups excluding carboxylic acids is 1. The Balaban J connectivity index is 2.57. The summed E-state index contributed by atoms with van der Waals surface area (Å²) < 4.78 is 18.8. The number of carboxylic acid groups (broad SMARTS) is 1. The molecule has 0 aliphatic heterocycles. The van der Waals surface area contributed by atoms with Crippen molar-refractivity contribution in [1.82, 2.24) is 0 Å². The van der Waals surface area contributed by atoms with Crippen LogP contribution in [0.5, 0.6) is 0 Å². The first-order valence-corrected chi connectivity index (χ1v) is 6.84. The number of non-ortho nitro benzene ring substituents is 1. The van der Waals surface area contributed by atoms with Gasteiger partial charge in [-0.25, -0.2) is 14.0 Å². The standard InChI is InChI=1S/C16H12FNO6/c1-2-24-16(21)12-5-3-9(7-14(12)17)13-8-10(18(22)23)4-6-11(13)15(19)20/h3-8H,2H2,1H3,(H,19,20). The molecule has 2 rings (SSSR count). The van der Waals surface area contributed by atoms with Crippen molar-refractivity contribution in [3.05, 3.63) is 63.5 Å². The second kappa shape index (κ2) is 6.86. The highest BCUT2D eigenvalue weighted by atomic mass is 19.1. The molecule has 0 spiro atoms. The van der Waals surface area contributed by atoms with Crippen LogP contribution in [-0.4, -0.2) is 28.6 Å². The van der Waals surface area contributed by atoms with E-state index in [2.05, 4.69) is 0 Å². The summed E-state index contributed by atoms with van der Waals surface area (Å²) in [4.78, 5) is 33.1. The molecule has 0 aliphatic rings. The molecule has 0 atom stereocenters. The van der Waals surface area contributed by atoms with Gasteiger partial charge in [-0.3, -0.25) is 10.1 Å². The lowest BCUT2D eigenvalue weighted by Crippen LogP contribution is -2.07. The highest BCUT2D eigenvalue weighted by Gasteiger charge is 2.19. The third-order valence-electron chi connectivity index (χ3n) is 3.22. The summed E-state index contributed by atoms with van der Waals surface area (Å²) in [5.41, 5.74) is -0.774. The SMILES string of the molecule is CCOC(=O)c1ccc(-c2cc([N+](=O)[O-])ccc2C(=O)O)cc1F. The Morgan fingerprint density at radius 2 is 1.88 bits per heavy atom. The molecular weight excluding hydrogens is 321 g/mol. The number of carbonyl (C=O) groups is 2. The molecule has 1 N–H and O–H groups in total. The molecule has 0 amide bonds. The van der Waals surface area contributed by atoms with Crippen LogP contribution in [0.1, 0.15) is 27.6 Å². The molecule has 0 bridgehead atoms. The smallest absolute Gasteiger partial charge is 0.341 e. The van der Waals surface area contributed by atoms with Crippen LogP contribution >= 0.6 is 0 Å². The molecule has 0 aliphatic carbocycles. The molecule has 0 saturated heterocycles. The molecule has 2 aromatic carbocycles. The van der Waals surface area contributed by atoms with Gasteiger partial charge in [0, 0.05) is 17.7 Å². The van der Waals surface area contributed by atoms with Gasteiger partial charge < -0.3 is 9.84 Å². The molecule has 8 heteroatoms. The molecule has 0 saturated carbocycles. The van der Waals surface area contributed by atoms with Crippen molar-refractivity contribution < 1.29 is 28.7 Å². The van der Waals surface area contributed by atoms with Crippen LogP contribution in [0.4, 0.5) is 10.1 Å². The maximum Gasteiger partial charge on any atom is 0.341 e. The summed E-state index contributed by atoms with van der Waals surface area (Å²) in [7, 11) is 0. The summed E-state index contributed by atoms with van der Waals surface area (Å²) in [6.45, 7) is 1.65. The lowest BCUT2D eigenvalue weighted by atomic mass is 9.97. The molecule has 124 valence electrons. The van der Waals surface area contributed by atoms with Crippen molar-refractivity contribution >= 4 is 17.6 Å². The number of nitro groups is 1. The van der Waals surface area contributed by atoms with E-state index in [1.807, 2.05) is 0 Å². The molecule has 0 fully saturated rings. The Hall–Kier alpha value is -3.29. The van der Waals surface area contributed by atoms with Gasteiger partial charge in [-0.05, 0) is 30.7 Å². The Labute approximate surface area is 135 Å². The van der Waals surface area contributed by atoms with Gasteiger partial charge in [0.2, 0.25) is 0 Å². The van der Waals surface area contributed by atoms with Crippen LogP contribution in [0.15, 0.2) is 36.4 Å². The van der Waals surface area contributed by atoms with Crippen LogP contribution in [-0.2, 0) is 4.74 Å². The number of esters is 1. The van der Waals surface area contributed by atoms with Gasteiger partial charge in [0.15, 0.2) is 0 Å². The van der Waals surface area contributed by atoms with Gasteiger partial charge in [0.1, 0.15) is 5.82 Å². The van der Waals surface area contributed by atoms with Gasteiger partial charge in [-0.2, -0.15) is 0 Å². The van der Waals surface area contributed by atoms with E-state index in [0.717, 1.165) is 30.3 Å². The van der Waals surface area contributed by atoms with Gasteiger partial charge in [-0.15, -0.1) is 0 Å². The van der Waals surface area contributed by atoms with Gasteiger partial charge in [0.05, 0.1) is 22.7 Å². The Bertz CT molecular complexity index is 833. The number of hydrogen-bond acceptors (Lipinski definition) is 5. The first-order valence-electron chi connectivity index (χ1n) is 6.84. The van der Waals surface area contributed by atoms with Crippen molar-refractivity contribution in [2.45, 2.75) is 6.92 Å². The van der Waals surface area contributed by atoms with Crippen molar-refractivity contribution in [3.63, 3.8) is 0 Å². The topological polar surface area (TPSA) is 107 Å². The third kappa shape index (κ3) is 3.37. The fraction of sp³-hybridized carbons (Fsp3) is 0.125. The van der Waals surface area contributed by atoms with Gasteiger partial charge in [0.25, 0.3) is 5.69 Å². The number of hydrogen-bond donors (Lipinski definition) is 1. The summed E-state index contributed by atoms with van der Waals surface area (Å²) in [6.07, 6.45) is 0. The largest absolute Gasteiger partial charge is 0.478 e. The quantitative estimate of drug-likeness (QED) is 0.511. The van der Waals surface area contributed by atoms with E-state index in [4.69, 9.17) is 4.74 Å². The minimum absolute atomic E-state index is 0.0222. The van der Waals surface area contributed by atoms with E-state index in [1.165, 1.54) is 6.07 Å². The third-order valence-corrected chi connectivity index (χ3v) is 3.22. The molecule has 0 radical (unpaired) electrons. The summed E-state index contributed by atoms with van der Waals surface area (Å²) >= 11 is 0. The molecule has 24 heavy (non-hydrogen) atoms. The van der Waals surface area contributed by atoms with Crippen LogP contribution in [0.2, 0.25) is 0 Å². The Kier molecular flexibility index (Phi) is 4.88. The first kappa shape index (κ1) is 17.1. The van der Waals surface area contributed by atoms with E-state index in [0.29, 0.717) is 0 Å². The molecule has 2 aromatic rings. The number of carboxylic acids is 1. The minimum atomic E-state index is -1.31. The molecule has 7 nitrogen and oxygen atoms in total. The van der Waals surface area contributed by atoms with Crippen LogP contribution < -0.4 is 0 Å². The molecule has 0 aromatic heterocycles. The number of benzene rings is 2. The van der Waals surface area contributed by atoms with Crippen LogP contribution in [0.3, 0.4) is 0 Å². The number of ether oxygens (including phenoxy) is 1. The van der Waals surface area contributed by atoms with Crippen LogP contribution in [0, 0.1) is 15.9 Å². The summed E-state index contributed by atoms with van der Waals surface area (Å²) in [6, 6.07) is 6.57. The lowest BCUT2D eigenvalue weighted by molar-refractivity contribution is -0.384. The van der Waals surface area contributed by atoms with Crippen molar-refractivity contribution in [2.24, 2.45) is 0 Å². The van der Waals surface area contributed by atoms with Crippen molar-refractivity contribution in [3.8, 4) is 11.1 Å². The predicted octanol–water partition coefficient (Wildman–Crippen LogP) is 3.28. The van der Waals surface area contributed by atoms with Crippen molar-refractivity contribution in [2.75, 3.05) is 6.61 Å². The van der Waals surface area contributed by atoms with Crippen LogP contribution in [0.25, 0.3) is 11.1 Å². The zero-order valence-electron chi connectivity index (χ0n) is 12.5. The van der Waals surface area contributed by atoms with E-state index in [9.17, 15) is 29.2 Å². The molecule has 0 unspecified atom stereocenters. The van der Waals surface area contributed by atoms with E-state index >= 15 is 0 Å². The van der Waals surface area contributed by atoms with Crippen molar-refractivity contribution in [1.29, 1.82) is 0 Å². The number of nitro benzene ring substituents is 1. The first-order chi connectivity index (χ1) is 11.3. The van der Waals surface area contributed by atoms with E-state index in [-0.39, 0.29) is 34.5 Å². The average Bonchev–Trinajstić information content (AvgIpc) is 2.54. The minimum Gasteiger partial charge on any atom is -0.478 e. The number of rotatable bonds is 5. The monoisotopic (exact) mass is 333 g/mol. The maximum atomic E-state index is 14.1. The maximum absolute atomic E-state index is 14.1. The summed E-state index contributed by atoms with van der Waals surface area (Å²) in [5, 5.41) is 20.1. The fourth-order valence-corrected chi connectivity index (χ4v) is 2.13. The second-order valence-electron chi connectivity index (χ2n) is 4.71. The average molecular weight is 333 g/mol. The zero-order valence-corrected chi connectivity index (χ0v) is 12.5. The number of nitrogens with zero attached hydrogens (tertiary/aromatic N) is 1. The predicted molar refractivity (Wildman–Crippen MR) is 81.4 cm³/mol. The van der Waals surface area contributed by atoms with E-state index in [1.54, 1.807) is 6.92 Å². The summed E-state index contributed by atoms with van der Waals surface area (Å²) in [5.74, 6) is -3.07. The highest BCUT2D eigenvalue weighted by molar-refractivity contribution is 5.97. The Morgan fingerprint density at radius 3 is 2.42 bits per heavy atom. The number of aromatic carboxylic acids is 1. The fourth-order valence-electron chi connectivity index (χ4n) is 2.13. The normalized spacial score (nSPS) is 10.2. The lowest BCUT2D eigenvalue weighted by Gasteiger charge is -2.09. The zero-order chi connectivity index (χ0) is 17.9. The number of halogens is 1. The van der Waals surface area contributed by atoms with Gasteiger partial charge in [-0.1, -0.05) is 6.07 Å². The highest BCUT2D eigenvalue weighted by Crippen LogP contribution is 2.29. The molecular formula is C16H12FNO6. The molecule has 0 heterocycles. The Morgan fingerprint density at radius 1 is 1.21 bits per heavy atom. The van der Waals surface area contributed by atoms with Gasteiger partial charge >= 0.3 is 11.9 Å². The van der Waals surface area contributed by atoms with E-state index < -0.39 is 22.7 Å².